The lowest BCUT2D eigenvalue weighted by molar-refractivity contribution is -0.115. The van der Waals surface area contributed by atoms with Gasteiger partial charge in [0, 0.05) is 22.7 Å². The number of thiazole rings is 1. The number of para-hydroxylation sites is 1. The van der Waals surface area contributed by atoms with Gasteiger partial charge in [-0.3, -0.25) is 14.9 Å². The third-order valence-electron chi connectivity index (χ3n) is 4.40. The van der Waals surface area contributed by atoms with Crippen molar-refractivity contribution in [2.75, 3.05) is 24.9 Å². The standard InChI is InChI=1S/C22H23N3O4S/c1-4-14-7-5-6-8-19(14)24-20(26)11-16-13-30-22(23-16)25-21(27)15-9-17(28-2)12-18(10-15)29-3/h5-10,12-13H,4,11H2,1-3H3,(H,24,26)(H,23,25,27). The summed E-state index contributed by atoms with van der Waals surface area (Å²) in [6.45, 7) is 2.04. The molecule has 0 spiro atoms. The topological polar surface area (TPSA) is 89.6 Å². The maximum Gasteiger partial charge on any atom is 0.257 e. The molecule has 2 N–H and O–H groups in total. The SMILES string of the molecule is CCc1ccccc1NC(=O)Cc1csc(NC(=O)c2cc(OC)cc(OC)c2)n1. The number of aromatic nitrogens is 1. The van der Waals surface area contributed by atoms with Crippen molar-refractivity contribution in [3.8, 4) is 11.5 Å². The van der Waals surface area contributed by atoms with Crippen LogP contribution in [0.4, 0.5) is 10.8 Å². The van der Waals surface area contributed by atoms with Crippen LogP contribution in [0.5, 0.6) is 11.5 Å². The second-order valence-corrected chi connectivity index (χ2v) is 7.29. The van der Waals surface area contributed by atoms with Crippen molar-refractivity contribution in [3.05, 3.63) is 64.7 Å². The summed E-state index contributed by atoms with van der Waals surface area (Å²) in [7, 11) is 3.04. The van der Waals surface area contributed by atoms with Gasteiger partial charge in [-0.2, -0.15) is 0 Å². The van der Waals surface area contributed by atoms with Crippen LogP contribution < -0.4 is 20.1 Å². The molecule has 0 aliphatic carbocycles. The number of benzene rings is 2. The number of carbonyl (C=O) groups is 2. The fourth-order valence-corrected chi connectivity index (χ4v) is 3.57. The number of hydrogen-bond acceptors (Lipinski definition) is 6. The molecule has 156 valence electrons. The molecule has 1 heterocycles. The number of anilines is 2. The molecule has 0 saturated carbocycles. The van der Waals surface area contributed by atoms with E-state index in [1.54, 1.807) is 23.6 Å². The van der Waals surface area contributed by atoms with E-state index in [2.05, 4.69) is 15.6 Å². The number of carbonyl (C=O) groups excluding carboxylic acids is 2. The highest BCUT2D eigenvalue weighted by atomic mass is 32.1. The Morgan fingerprint density at radius 1 is 1.03 bits per heavy atom. The maximum atomic E-state index is 12.6. The minimum absolute atomic E-state index is 0.122. The first-order valence-electron chi connectivity index (χ1n) is 9.39. The van der Waals surface area contributed by atoms with E-state index in [4.69, 9.17) is 9.47 Å². The third-order valence-corrected chi connectivity index (χ3v) is 5.21. The van der Waals surface area contributed by atoms with Crippen molar-refractivity contribution < 1.29 is 19.1 Å². The van der Waals surface area contributed by atoms with Crippen molar-refractivity contribution in [2.45, 2.75) is 19.8 Å². The average Bonchev–Trinajstić information content (AvgIpc) is 3.19. The number of aryl methyl sites for hydroxylation is 1. The molecule has 3 aromatic rings. The number of hydrogen-bond donors (Lipinski definition) is 2. The molecule has 0 unspecified atom stereocenters. The van der Waals surface area contributed by atoms with Gasteiger partial charge < -0.3 is 14.8 Å². The molecule has 0 radical (unpaired) electrons. The molecule has 8 heteroatoms. The van der Waals surface area contributed by atoms with Crippen LogP contribution in [0.1, 0.15) is 28.5 Å². The van der Waals surface area contributed by atoms with E-state index in [-0.39, 0.29) is 18.2 Å². The molecular formula is C22H23N3O4S. The van der Waals surface area contributed by atoms with Gasteiger partial charge in [0.15, 0.2) is 5.13 Å². The van der Waals surface area contributed by atoms with Gasteiger partial charge >= 0.3 is 0 Å². The lowest BCUT2D eigenvalue weighted by Crippen LogP contribution is -2.16. The van der Waals surface area contributed by atoms with E-state index in [1.807, 2.05) is 31.2 Å². The predicted molar refractivity (Wildman–Crippen MR) is 118 cm³/mol. The number of nitrogens with zero attached hydrogens (tertiary/aromatic N) is 1. The van der Waals surface area contributed by atoms with Crippen molar-refractivity contribution in [1.82, 2.24) is 4.98 Å². The highest BCUT2D eigenvalue weighted by Gasteiger charge is 2.14. The van der Waals surface area contributed by atoms with E-state index in [0.29, 0.717) is 27.9 Å². The Labute approximate surface area is 179 Å². The normalized spacial score (nSPS) is 10.4. The molecule has 2 aromatic carbocycles. The Balaban J connectivity index is 1.63. The highest BCUT2D eigenvalue weighted by molar-refractivity contribution is 7.14. The smallest absolute Gasteiger partial charge is 0.257 e. The molecule has 30 heavy (non-hydrogen) atoms. The van der Waals surface area contributed by atoms with E-state index < -0.39 is 0 Å². The van der Waals surface area contributed by atoms with E-state index in [9.17, 15) is 9.59 Å². The quantitative estimate of drug-likeness (QED) is 0.566. The third kappa shape index (κ3) is 5.36. The van der Waals surface area contributed by atoms with Gasteiger partial charge in [-0.1, -0.05) is 25.1 Å². The summed E-state index contributed by atoms with van der Waals surface area (Å²) in [5, 5.41) is 7.84. The lowest BCUT2D eigenvalue weighted by Gasteiger charge is -2.09. The summed E-state index contributed by atoms with van der Waals surface area (Å²) in [5.41, 5.74) is 2.85. The fraction of sp³-hybridized carbons (Fsp3) is 0.227. The van der Waals surface area contributed by atoms with Crippen LogP contribution in [0.15, 0.2) is 47.8 Å². The van der Waals surface area contributed by atoms with Gasteiger partial charge in [0.05, 0.1) is 26.3 Å². The summed E-state index contributed by atoms with van der Waals surface area (Å²) < 4.78 is 10.4. The molecule has 0 fully saturated rings. The highest BCUT2D eigenvalue weighted by Crippen LogP contribution is 2.24. The van der Waals surface area contributed by atoms with E-state index >= 15 is 0 Å². The number of nitrogens with one attached hydrogen (secondary N) is 2. The Kier molecular flexibility index (Phi) is 7.03. The summed E-state index contributed by atoms with van der Waals surface area (Å²) in [5.74, 6) is 0.540. The number of methoxy groups -OCH3 is 2. The largest absolute Gasteiger partial charge is 0.497 e. The van der Waals surface area contributed by atoms with Crippen molar-refractivity contribution >= 4 is 34.0 Å². The minimum atomic E-state index is -0.338. The van der Waals surface area contributed by atoms with Gasteiger partial charge in [0.2, 0.25) is 5.91 Å². The zero-order chi connectivity index (χ0) is 21.5. The summed E-state index contributed by atoms with van der Waals surface area (Å²) >= 11 is 1.26. The van der Waals surface area contributed by atoms with Gasteiger partial charge in [-0.15, -0.1) is 11.3 Å². The number of amides is 2. The summed E-state index contributed by atoms with van der Waals surface area (Å²) in [4.78, 5) is 29.3. The number of rotatable bonds is 8. The zero-order valence-electron chi connectivity index (χ0n) is 17.0. The van der Waals surface area contributed by atoms with E-state index in [0.717, 1.165) is 17.7 Å². The zero-order valence-corrected chi connectivity index (χ0v) is 17.8. The molecule has 1 aromatic heterocycles. The fourth-order valence-electron chi connectivity index (χ4n) is 2.86. The number of ether oxygens (including phenoxy) is 2. The van der Waals surface area contributed by atoms with Crippen molar-refractivity contribution in [2.24, 2.45) is 0 Å². The molecule has 0 aliphatic rings. The van der Waals surface area contributed by atoms with Crippen LogP contribution in [0.3, 0.4) is 0 Å². The first-order chi connectivity index (χ1) is 14.5. The van der Waals surface area contributed by atoms with Crippen molar-refractivity contribution in [1.29, 1.82) is 0 Å². The van der Waals surface area contributed by atoms with Crippen LogP contribution in [0, 0.1) is 0 Å². The molecule has 2 amide bonds. The van der Waals surface area contributed by atoms with Crippen LogP contribution in [0.25, 0.3) is 0 Å². The Morgan fingerprint density at radius 3 is 2.40 bits per heavy atom. The Morgan fingerprint density at radius 2 is 1.73 bits per heavy atom. The molecule has 0 aliphatic heterocycles. The summed E-state index contributed by atoms with van der Waals surface area (Å²) in [6.07, 6.45) is 0.954. The molecule has 7 nitrogen and oxygen atoms in total. The first kappa shape index (κ1) is 21.3. The van der Waals surface area contributed by atoms with E-state index in [1.165, 1.54) is 25.6 Å². The summed E-state index contributed by atoms with van der Waals surface area (Å²) in [6, 6.07) is 12.6. The second-order valence-electron chi connectivity index (χ2n) is 6.44. The minimum Gasteiger partial charge on any atom is -0.497 e. The van der Waals surface area contributed by atoms with Crippen molar-refractivity contribution in [3.63, 3.8) is 0 Å². The molecule has 3 rings (SSSR count). The molecule has 0 bridgehead atoms. The van der Waals surface area contributed by atoms with Crippen LogP contribution >= 0.6 is 11.3 Å². The molecule has 0 atom stereocenters. The van der Waals surface area contributed by atoms with Crippen LogP contribution in [-0.4, -0.2) is 31.0 Å². The predicted octanol–water partition coefficient (Wildman–Crippen LogP) is 4.16. The monoisotopic (exact) mass is 425 g/mol. The molecule has 0 saturated heterocycles. The van der Waals surface area contributed by atoms with Crippen LogP contribution in [-0.2, 0) is 17.6 Å². The maximum absolute atomic E-state index is 12.6. The van der Waals surface area contributed by atoms with Gasteiger partial charge in [-0.05, 0) is 30.2 Å². The van der Waals surface area contributed by atoms with Gasteiger partial charge in [0.1, 0.15) is 11.5 Å². The van der Waals surface area contributed by atoms with Gasteiger partial charge in [0.25, 0.3) is 5.91 Å². The van der Waals surface area contributed by atoms with Crippen LogP contribution in [0.2, 0.25) is 0 Å². The average molecular weight is 426 g/mol. The first-order valence-corrected chi connectivity index (χ1v) is 10.3. The second kappa shape index (κ2) is 9.89. The van der Waals surface area contributed by atoms with Gasteiger partial charge in [-0.25, -0.2) is 4.98 Å². The Bertz CT molecular complexity index is 1030. The molecular weight excluding hydrogens is 402 g/mol. The Hall–Kier alpha value is -3.39. The lowest BCUT2D eigenvalue weighted by atomic mass is 10.1.